The summed E-state index contributed by atoms with van der Waals surface area (Å²) in [7, 11) is 1.63. The van der Waals surface area contributed by atoms with E-state index in [1.807, 2.05) is 35.3 Å². The van der Waals surface area contributed by atoms with Crippen molar-refractivity contribution in [1.29, 1.82) is 0 Å². The van der Waals surface area contributed by atoms with Gasteiger partial charge in [-0.05, 0) is 30.3 Å². The van der Waals surface area contributed by atoms with Gasteiger partial charge in [-0.1, -0.05) is 18.7 Å². The zero-order chi connectivity index (χ0) is 24.9. The van der Waals surface area contributed by atoms with Gasteiger partial charge in [-0.25, -0.2) is 9.97 Å². The van der Waals surface area contributed by atoms with E-state index in [0.717, 1.165) is 22.5 Å². The number of anilines is 1. The Morgan fingerprint density at radius 3 is 2.92 bits per heavy atom. The van der Waals surface area contributed by atoms with Gasteiger partial charge in [0.2, 0.25) is 11.8 Å². The van der Waals surface area contributed by atoms with Crippen LogP contribution in [0.1, 0.15) is 11.4 Å². The predicted molar refractivity (Wildman–Crippen MR) is 135 cm³/mol. The predicted octanol–water partition coefficient (Wildman–Crippen LogP) is 4.33. The zero-order valence-corrected chi connectivity index (χ0v) is 19.5. The molecule has 5 rings (SSSR count). The highest BCUT2D eigenvalue weighted by molar-refractivity contribution is 5.99. The quantitative estimate of drug-likeness (QED) is 0.301. The Morgan fingerprint density at radius 1 is 1.19 bits per heavy atom. The number of methoxy groups -OCH3 is 1. The Balaban J connectivity index is 1.46. The number of carbonyl (C=O) groups excluding carboxylic acids is 1. The summed E-state index contributed by atoms with van der Waals surface area (Å²) in [5.41, 5.74) is 5.21. The van der Waals surface area contributed by atoms with Crippen molar-refractivity contribution in [3.63, 3.8) is 0 Å². The Bertz CT molecular complexity index is 1530. The molecule has 0 bridgehead atoms. The lowest BCUT2D eigenvalue weighted by atomic mass is 10.1. The smallest absolute Gasteiger partial charge is 0.247 e. The molecular weight excluding hydrogens is 458 g/mol. The fourth-order valence-corrected chi connectivity index (χ4v) is 3.75. The third-order valence-corrected chi connectivity index (χ3v) is 5.33. The monoisotopic (exact) mass is 481 g/mol. The van der Waals surface area contributed by atoms with Crippen molar-refractivity contribution in [3.05, 3.63) is 91.3 Å². The Kier molecular flexibility index (Phi) is 6.50. The van der Waals surface area contributed by atoms with Gasteiger partial charge in [-0.3, -0.25) is 14.5 Å². The molecule has 2 N–H and O–H groups in total. The van der Waals surface area contributed by atoms with Crippen LogP contribution in [0.15, 0.2) is 79.9 Å². The molecule has 0 radical (unpaired) electrons. The molecule has 36 heavy (non-hydrogen) atoms. The van der Waals surface area contributed by atoms with Crippen molar-refractivity contribution in [2.45, 2.75) is 13.2 Å². The van der Waals surface area contributed by atoms with Gasteiger partial charge in [0.15, 0.2) is 5.65 Å². The number of aromatic amines is 1. The zero-order valence-electron chi connectivity index (χ0n) is 19.5. The van der Waals surface area contributed by atoms with E-state index >= 15 is 0 Å². The number of aromatic nitrogens is 6. The van der Waals surface area contributed by atoms with Gasteiger partial charge in [0.05, 0.1) is 30.7 Å². The summed E-state index contributed by atoms with van der Waals surface area (Å²) < 4.78 is 13.2. The summed E-state index contributed by atoms with van der Waals surface area (Å²) in [6.45, 7) is 4.33. The Labute approximate surface area is 206 Å². The van der Waals surface area contributed by atoms with Gasteiger partial charge < -0.3 is 19.8 Å². The van der Waals surface area contributed by atoms with Crippen LogP contribution >= 0.6 is 0 Å². The first-order valence-corrected chi connectivity index (χ1v) is 11.1. The van der Waals surface area contributed by atoms with Crippen molar-refractivity contribution in [2.75, 3.05) is 12.4 Å². The van der Waals surface area contributed by atoms with E-state index in [4.69, 9.17) is 19.6 Å². The largest absolute Gasteiger partial charge is 0.437 e. The summed E-state index contributed by atoms with van der Waals surface area (Å²) in [6.07, 6.45) is 8.30. The molecule has 0 atom stereocenters. The lowest BCUT2D eigenvalue weighted by molar-refractivity contribution is -0.111. The molecule has 0 aliphatic rings. The van der Waals surface area contributed by atoms with Crippen LogP contribution < -0.4 is 10.1 Å². The standard InChI is InChI=1S/C26H23N7O3/c1-3-23(34)30-17-8-6-9-19(11-17)36-24-13-29-26-25(31-24)20(12-28-26)21-15-33(32-22(21)16-35-2)14-18-7-4-5-10-27-18/h3-13,15H,1,14,16H2,2H3,(H,28,29)(H,30,34). The maximum atomic E-state index is 11.6. The average Bonchev–Trinajstić information content (AvgIpc) is 3.48. The number of rotatable bonds is 9. The minimum atomic E-state index is -0.305. The first-order chi connectivity index (χ1) is 17.6. The topological polar surface area (TPSA) is 120 Å². The maximum absolute atomic E-state index is 11.6. The number of fused-ring (bicyclic) bond motifs is 1. The van der Waals surface area contributed by atoms with E-state index in [1.54, 1.807) is 37.6 Å². The summed E-state index contributed by atoms with van der Waals surface area (Å²) in [6, 6.07) is 12.8. The lowest BCUT2D eigenvalue weighted by Crippen LogP contribution is -2.07. The first-order valence-electron chi connectivity index (χ1n) is 11.1. The molecule has 5 aromatic rings. The van der Waals surface area contributed by atoms with Crippen molar-refractivity contribution in [1.82, 2.24) is 29.7 Å². The highest BCUT2D eigenvalue weighted by Gasteiger charge is 2.18. The number of nitrogens with zero attached hydrogens (tertiary/aromatic N) is 5. The average molecular weight is 482 g/mol. The number of pyridine rings is 1. The molecule has 0 saturated carbocycles. The molecule has 10 heteroatoms. The lowest BCUT2D eigenvalue weighted by Gasteiger charge is -2.07. The molecule has 4 aromatic heterocycles. The van der Waals surface area contributed by atoms with Crippen LogP contribution in [0.25, 0.3) is 22.3 Å². The molecule has 180 valence electrons. The van der Waals surface area contributed by atoms with E-state index in [9.17, 15) is 4.79 Å². The molecule has 0 spiro atoms. The van der Waals surface area contributed by atoms with Gasteiger partial charge in [-0.15, -0.1) is 0 Å². The van der Waals surface area contributed by atoms with Crippen LogP contribution in [0.3, 0.4) is 0 Å². The highest BCUT2D eigenvalue weighted by Crippen LogP contribution is 2.31. The van der Waals surface area contributed by atoms with Crippen LogP contribution in [-0.4, -0.2) is 42.7 Å². The Hall–Kier alpha value is -4.83. The molecule has 1 aromatic carbocycles. The number of hydrogen-bond donors (Lipinski definition) is 2. The summed E-state index contributed by atoms with van der Waals surface area (Å²) in [5, 5.41) is 7.41. The minimum Gasteiger partial charge on any atom is -0.437 e. The number of amides is 1. The van der Waals surface area contributed by atoms with Crippen LogP contribution in [-0.2, 0) is 22.7 Å². The fourth-order valence-electron chi connectivity index (χ4n) is 3.75. The van der Waals surface area contributed by atoms with Crippen molar-refractivity contribution >= 4 is 22.8 Å². The molecule has 4 heterocycles. The number of nitrogens with one attached hydrogen (secondary N) is 2. The van der Waals surface area contributed by atoms with Crippen molar-refractivity contribution in [3.8, 4) is 22.8 Å². The second kappa shape index (κ2) is 10.2. The molecule has 1 amide bonds. The summed E-state index contributed by atoms with van der Waals surface area (Å²) in [5.74, 6) is 0.511. The summed E-state index contributed by atoms with van der Waals surface area (Å²) >= 11 is 0. The number of H-pyrrole nitrogens is 1. The normalized spacial score (nSPS) is 10.9. The van der Waals surface area contributed by atoms with Crippen LogP contribution in [0, 0.1) is 0 Å². The van der Waals surface area contributed by atoms with Crippen LogP contribution in [0.5, 0.6) is 11.6 Å². The molecular formula is C26H23N7O3. The molecule has 0 unspecified atom stereocenters. The number of hydrogen-bond acceptors (Lipinski definition) is 7. The maximum Gasteiger partial charge on any atom is 0.247 e. The van der Waals surface area contributed by atoms with Gasteiger partial charge >= 0.3 is 0 Å². The van der Waals surface area contributed by atoms with E-state index in [2.05, 4.69) is 26.8 Å². The van der Waals surface area contributed by atoms with Crippen molar-refractivity contribution in [2.24, 2.45) is 0 Å². The van der Waals surface area contributed by atoms with Gasteiger partial charge in [0.1, 0.15) is 11.3 Å². The van der Waals surface area contributed by atoms with Gasteiger partial charge in [0, 0.05) is 48.6 Å². The van der Waals surface area contributed by atoms with E-state index in [1.165, 1.54) is 12.3 Å². The first kappa shape index (κ1) is 22.9. The van der Waals surface area contributed by atoms with E-state index in [-0.39, 0.29) is 5.91 Å². The van der Waals surface area contributed by atoms with E-state index in [0.29, 0.717) is 41.6 Å². The number of benzene rings is 1. The minimum absolute atomic E-state index is 0.305. The molecule has 10 nitrogen and oxygen atoms in total. The fraction of sp³-hybridized carbons (Fsp3) is 0.115. The van der Waals surface area contributed by atoms with Crippen LogP contribution in [0.4, 0.5) is 5.69 Å². The van der Waals surface area contributed by atoms with E-state index < -0.39 is 0 Å². The third kappa shape index (κ3) is 4.98. The highest BCUT2D eigenvalue weighted by atomic mass is 16.5. The van der Waals surface area contributed by atoms with Gasteiger partial charge in [-0.2, -0.15) is 5.10 Å². The SMILES string of the molecule is C=CC(=O)Nc1cccc(Oc2cnc3[nH]cc(-c4cn(Cc5ccccn5)nc4COC)c3n2)c1. The molecule has 0 aliphatic carbocycles. The second-order valence-corrected chi connectivity index (χ2v) is 7.87. The molecule has 0 aliphatic heterocycles. The summed E-state index contributed by atoms with van der Waals surface area (Å²) in [4.78, 5) is 28.3. The van der Waals surface area contributed by atoms with Crippen molar-refractivity contribution < 1.29 is 14.3 Å². The van der Waals surface area contributed by atoms with Crippen LogP contribution in [0.2, 0.25) is 0 Å². The molecule has 0 saturated heterocycles. The second-order valence-electron chi connectivity index (χ2n) is 7.87. The number of carbonyl (C=O) groups is 1. The van der Waals surface area contributed by atoms with Gasteiger partial charge in [0.25, 0.3) is 0 Å². The third-order valence-electron chi connectivity index (χ3n) is 5.33. The Morgan fingerprint density at radius 2 is 2.11 bits per heavy atom. The molecule has 0 fully saturated rings. The number of ether oxygens (including phenoxy) is 2.